The van der Waals surface area contributed by atoms with E-state index in [4.69, 9.17) is 0 Å². The molecule has 2 aliphatic rings. The number of fused-ring (bicyclic) bond motifs is 1. The molecule has 2 fully saturated rings. The molecular weight excluding hydrogens is 294 g/mol. The zero-order chi connectivity index (χ0) is 16.4. The maximum atomic E-state index is 11.4. The van der Waals surface area contributed by atoms with E-state index in [1.54, 1.807) is 0 Å². The number of anilines is 1. The van der Waals surface area contributed by atoms with E-state index in [2.05, 4.69) is 59.9 Å². The molecule has 0 aliphatic heterocycles. The Balaban J connectivity index is 1.64. The van der Waals surface area contributed by atoms with E-state index in [9.17, 15) is 5.11 Å². The van der Waals surface area contributed by atoms with E-state index in [1.165, 1.54) is 36.8 Å². The Morgan fingerprint density at radius 3 is 2.46 bits per heavy atom. The molecule has 126 valence electrons. The molecule has 4 rings (SSSR count). The maximum absolute atomic E-state index is 11.4. The predicted molar refractivity (Wildman–Crippen MR) is 100 cm³/mol. The molecule has 0 heterocycles. The van der Waals surface area contributed by atoms with Gasteiger partial charge in [-0.1, -0.05) is 67.8 Å². The van der Waals surface area contributed by atoms with Crippen LogP contribution in [0.3, 0.4) is 0 Å². The van der Waals surface area contributed by atoms with Crippen molar-refractivity contribution in [3.8, 4) is 11.1 Å². The molecule has 2 aromatic carbocycles. The van der Waals surface area contributed by atoms with E-state index in [0.29, 0.717) is 5.92 Å². The summed E-state index contributed by atoms with van der Waals surface area (Å²) in [6, 6.07) is 19.2. The predicted octanol–water partition coefficient (Wildman–Crippen LogP) is 5.24. The quantitative estimate of drug-likeness (QED) is 0.810. The summed E-state index contributed by atoms with van der Waals surface area (Å²) in [6.07, 6.45) is 8.05. The molecule has 0 aromatic heterocycles. The molecular formula is C22H27NO. The third-order valence-electron chi connectivity index (χ3n) is 6.08. The van der Waals surface area contributed by atoms with E-state index in [1.807, 2.05) is 0 Å². The molecule has 0 radical (unpaired) electrons. The maximum Gasteiger partial charge on any atom is 0.0875 e. The summed E-state index contributed by atoms with van der Waals surface area (Å²) in [6.45, 7) is 0. The van der Waals surface area contributed by atoms with Crippen LogP contribution < -0.4 is 5.32 Å². The van der Waals surface area contributed by atoms with Gasteiger partial charge in [0.2, 0.25) is 0 Å². The second-order valence-corrected chi connectivity index (χ2v) is 7.47. The second-order valence-electron chi connectivity index (χ2n) is 7.47. The molecule has 1 unspecified atom stereocenters. The van der Waals surface area contributed by atoms with Gasteiger partial charge in [0.15, 0.2) is 0 Å². The molecule has 0 saturated heterocycles. The summed E-state index contributed by atoms with van der Waals surface area (Å²) in [5.41, 5.74) is 3.07. The van der Waals surface area contributed by atoms with Crippen LogP contribution in [-0.2, 0) is 0 Å². The summed E-state index contributed by atoms with van der Waals surface area (Å²) in [4.78, 5) is 0. The van der Waals surface area contributed by atoms with Crippen molar-refractivity contribution in [2.24, 2.45) is 5.92 Å². The number of nitrogens with one attached hydrogen (secondary N) is 1. The molecule has 0 amide bonds. The Labute approximate surface area is 144 Å². The van der Waals surface area contributed by atoms with Crippen LogP contribution >= 0.6 is 0 Å². The Morgan fingerprint density at radius 1 is 0.833 bits per heavy atom. The highest BCUT2D eigenvalue weighted by molar-refractivity contribution is 5.78. The topological polar surface area (TPSA) is 32.3 Å². The molecule has 2 saturated carbocycles. The van der Waals surface area contributed by atoms with Crippen molar-refractivity contribution < 1.29 is 5.11 Å². The summed E-state index contributed by atoms with van der Waals surface area (Å²) >= 11 is 0. The lowest BCUT2D eigenvalue weighted by Gasteiger charge is -2.49. The second kappa shape index (κ2) is 6.60. The molecule has 2 nitrogen and oxygen atoms in total. The first-order chi connectivity index (χ1) is 11.8. The Bertz CT molecular complexity index is 681. The van der Waals surface area contributed by atoms with Crippen molar-refractivity contribution in [3.63, 3.8) is 0 Å². The average molecular weight is 321 g/mol. The van der Waals surface area contributed by atoms with Gasteiger partial charge in [-0.05, 0) is 43.2 Å². The molecule has 2 heteroatoms. The monoisotopic (exact) mass is 321 g/mol. The molecule has 2 aliphatic carbocycles. The molecule has 2 aromatic rings. The third-order valence-corrected chi connectivity index (χ3v) is 6.08. The van der Waals surface area contributed by atoms with Gasteiger partial charge in [0, 0.05) is 11.3 Å². The largest absolute Gasteiger partial charge is 0.387 e. The highest BCUT2D eigenvalue weighted by Gasteiger charge is 2.47. The van der Waals surface area contributed by atoms with Gasteiger partial charge in [0.05, 0.1) is 11.6 Å². The van der Waals surface area contributed by atoms with Gasteiger partial charge in [-0.2, -0.15) is 0 Å². The highest BCUT2D eigenvalue weighted by atomic mass is 16.3. The number of para-hydroxylation sites is 1. The molecule has 3 atom stereocenters. The van der Waals surface area contributed by atoms with Crippen molar-refractivity contribution in [2.75, 3.05) is 5.32 Å². The van der Waals surface area contributed by atoms with Crippen LogP contribution in [0.4, 0.5) is 5.69 Å². The minimum Gasteiger partial charge on any atom is -0.387 e. The Kier molecular flexibility index (Phi) is 4.32. The van der Waals surface area contributed by atoms with Crippen LogP contribution in [0.15, 0.2) is 54.6 Å². The van der Waals surface area contributed by atoms with Crippen molar-refractivity contribution in [1.82, 2.24) is 0 Å². The number of aliphatic hydroxyl groups is 1. The summed E-state index contributed by atoms with van der Waals surface area (Å²) < 4.78 is 0. The van der Waals surface area contributed by atoms with Crippen LogP contribution in [0, 0.1) is 5.92 Å². The van der Waals surface area contributed by atoms with Crippen LogP contribution in [0.5, 0.6) is 0 Å². The SMILES string of the molecule is O[C@]12CCCC[C@@H]1CCCC2Nc1ccccc1-c1ccccc1. The smallest absolute Gasteiger partial charge is 0.0875 e. The van der Waals surface area contributed by atoms with Crippen LogP contribution in [0.1, 0.15) is 44.9 Å². The molecule has 24 heavy (non-hydrogen) atoms. The van der Waals surface area contributed by atoms with Crippen LogP contribution in [-0.4, -0.2) is 16.7 Å². The fourth-order valence-electron chi connectivity index (χ4n) is 4.79. The normalized spacial score (nSPS) is 29.7. The zero-order valence-corrected chi connectivity index (χ0v) is 14.2. The lowest BCUT2D eigenvalue weighted by atomic mass is 9.65. The number of hydrogen-bond donors (Lipinski definition) is 2. The number of benzene rings is 2. The minimum absolute atomic E-state index is 0.168. The fourth-order valence-corrected chi connectivity index (χ4v) is 4.79. The first-order valence-electron chi connectivity index (χ1n) is 9.41. The Morgan fingerprint density at radius 2 is 1.58 bits per heavy atom. The molecule has 2 N–H and O–H groups in total. The first-order valence-corrected chi connectivity index (χ1v) is 9.41. The summed E-state index contributed by atoms with van der Waals surface area (Å²) in [5.74, 6) is 0.474. The number of hydrogen-bond acceptors (Lipinski definition) is 2. The Hall–Kier alpha value is -1.80. The number of rotatable bonds is 3. The van der Waals surface area contributed by atoms with Gasteiger partial charge < -0.3 is 10.4 Å². The van der Waals surface area contributed by atoms with Gasteiger partial charge in [-0.3, -0.25) is 0 Å². The van der Waals surface area contributed by atoms with Gasteiger partial charge in [0.1, 0.15) is 0 Å². The van der Waals surface area contributed by atoms with Crippen molar-refractivity contribution >= 4 is 5.69 Å². The van der Waals surface area contributed by atoms with Crippen molar-refractivity contribution in [1.29, 1.82) is 0 Å². The lowest BCUT2D eigenvalue weighted by Crippen LogP contribution is -2.56. The summed E-state index contributed by atoms with van der Waals surface area (Å²) in [5, 5.41) is 15.1. The van der Waals surface area contributed by atoms with Crippen LogP contribution in [0.25, 0.3) is 11.1 Å². The van der Waals surface area contributed by atoms with Crippen molar-refractivity contribution in [3.05, 3.63) is 54.6 Å². The van der Waals surface area contributed by atoms with E-state index in [0.717, 1.165) is 24.9 Å². The van der Waals surface area contributed by atoms with Gasteiger partial charge in [-0.25, -0.2) is 0 Å². The van der Waals surface area contributed by atoms with Gasteiger partial charge in [-0.15, -0.1) is 0 Å². The fraction of sp³-hybridized carbons (Fsp3) is 0.455. The minimum atomic E-state index is -0.527. The molecule has 0 spiro atoms. The van der Waals surface area contributed by atoms with E-state index >= 15 is 0 Å². The highest BCUT2D eigenvalue weighted by Crippen LogP contribution is 2.45. The lowest BCUT2D eigenvalue weighted by molar-refractivity contribution is -0.0835. The van der Waals surface area contributed by atoms with Crippen molar-refractivity contribution in [2.45, 2.75) is 56.6 Å². The zero-order valence-electron chi connectivity index (χ0n) is 14.2. The summed E-state index contributed by atoms with van der Waals surface area (Å²) in [7, 11) is 0. The van der Waals surface area contributed by atoms with E-state index < -0.39 is 5.60 Å². The third kappa shape index (κ3) is 2.84. The molecule has 0 bridgehead atoms. The van der Waals surface area contributed by atoms with E-state index in [-0.39, 0.29) is 6.04 Å². The van der Waals surface area contributed by atoms with Gasteiger partial charge in [0.25, 0.3) is 0 Å². The van der Waals surface area contributed by atoms with Gasteiger partial charge >= 0.3 is 0 Å². The average Bonchev–Trinajstić information content (AvgIpc) is 2.63. The first kappa shape index (κ1) is 15.7. The van der Waals surface area contributed by atoms with Crippen LogP contribution in [0.2, 0.25) is 0 Å². The standard InChI is InChI=1S/C22H27NO/c24-22-16-7-6-11-18(22)12-8-15-21(22)23-20-14-5-4-13-19(20)17-9-2-1-3-10-17/h1-5,9-10,13-14,18,21,23-24H,6-8,11-12,15-16H2/t18-,21?,22-/m1/s1.